The molecule has 138 valence electrons. The Labute approximate surface area is 160 Å². The molecule has 0 bridgehead atoms. The van der Waals surface area contributed by atoms with Crippen LogP contribution in [-0.2, 0) is 14.3 Å². The standard InChI is InChI=1S/C19H21BrN2O4/c1-4-25-19(24)12(2)13(3)21-22-17(23)11-26-16-10-9-14-7-5-6-8-15(14)18(16)20/h5-10,12H,4,11H2,1-3H3,(H,22,23)/t12-/m0/s1. The van der Waals surface area contributed by atoms with E-state index in [0.29, 0.717) is 18.1 Å². The normalized spacial score (nSPS) is 12.5. The minimum Gasteiger partial charge on any atom is -0.483 e. The van der Waals surface area contributed by atoms with Crippen LogP contribution in [0, 0.1) is 5.92 Å². The van der Waals surface area contributed by atoms with Crippen molar-refractivity contribution < 1.29 is 19.1 Å². The minimum absolute atomic E-state index is 0.193. The molecule has 0 unspecified atom stereocenters. The first-order valence-electron chi connectivity index (χ1n) is 8.23. The molecule has 0 radical (unpaired) electrons. The molecule has 0 fully saturated rings. The first-order chi connectivity index (χ1) is 12.4. The van der Waals surface area contributed by atoms with Crippen molar-refractivity contribution in [2.45, 2.75) is 20.8 Å². The number of carbonyl (C=O) groups excluding carboxylic acids is 2. The molecule has 0 spiro atoms. The second-order valence-electron chi connectivity index (χ2n) is 5.65. The summed E-state index contributed by atoms with van der Waals surface area (Å²) < 4.78 is 11.3. The summed E-state index contributed by atoms with van der Waals surface area (Å²) >= 11 is 3.51. The van der Waals surface area contributed by atoms with Gasteiger partial charge in [0.1, 0.15) is 5.75 Å². The van der Waals surface area contributed by atoms with Gasteiger partial charge in [-0.25, -0.2) is 5.43 Å². The predicted molar refractivity (Wildman–Crippen MR) is 104 cm³/mol. The van der Waals surface area contributed by atoms with Gasteiger partial charge in [-0.15, -0.1) is 0 Å². The smallest absolute Gasteiger partial charge is 0.314 e. The largest absolute Gasteiger partial charge is 0.483 e. The summed E-state index contributed by atoms with van der Waals surface area (Å²) in [6.45, 7) is 5.17. The molecule has 0 aliphatic carbocycles. The minimum atomic E-state index is -0.522. The van der Waals surface area contributed by atoms with Crippen LogP contribution >= 0.6 is 15.9 Å². The maximum Gasteiger partial charge on any atom is 0.314 e. The van der Waals surface area contributed by atoms with Gasteiger partial charge in [-0.2, -0.15) is 5.10 Å². The van der Waals surface area contributed by atoms with E-state index in [1.54, 1.807) is 26.8 Å². The van der Waals surface area contributed by atoms with Crippen molar-refractivity contribution in [3.8, 4) is 5.75 Å². The molecule has 6 nitrogen and oxygen atoms in total. The number of benzene rings is 2. The first-order valence-corrected chi connectivity index (χ1v) is 9.03. The lowest BCUT2D eigenvalue weighted by Crippen LogP contribution is -2.28. The summed E-state index contributed by atoms with van der Waals surface area (Å²) in [5.74, 6) is -0.745. The highest BCUT2D eigenvalue weighted by Gasteiger charge is 2.17. The molecule has 2 rings (SSSR count). The van der Waals surface area contributed by atoms with Gasteiger partial charge in [0, 0.05) is 5.71 Å². The van der Waals surface area contributed by atoms with Crippen molar-refractivity contribution in [2.24, 2.45) is 11.0 Å². The molecule has 0 saturated heterocycles. The first kappa shape index (κ1) is 19.9. The average Bonchev–Trinajstić information content (AvgIpc) is 2.65. The number of hydrogen-bond donors (Lipinski definition) is 1. The Balaban J connectivity index is 1.94. The van der Waals surface area contributed by atoms with Crippen LogP contribution in [0.15, 0.2) is 46.0 Å². The van der Waals surface area contributed by atoms with Crippen LogP contribution in [-0.4, -0.2) is 30.8 Å². The third kappa shape index (κ3) is 5.05. The number of fused-ring (bicyclic) bond motifs is 1. The molecule has 1 atom stereocenters. The zero-order valence-corrected chi connectivity index (χ0v) is 16.5. The summed E-state index contributed by atoms with van der Waals surface area (Å²) in [4.78, 5) is 23.6. The molecule has 2 aromatic rings. The number of ether oxygens (including phenoxy) is 2. The molecule has 0 aromatic heterocycles. The summed E-state index contributed by atoms with van der Waals surface area (Å²) in [5, 5.41) is 6.01. The number of esters is 1. The fraction of sp³-hybridized carbons (Fsp3) is 0.316. The summed E-state index contributed by atoms with van der Waals surface area (Å²) in [6, 6.07) is 11.6. The van der Waals surface area contributed by atoms with Crippen molar-refractivity contribution in [3.63, 3.8) is 0 Å². The van der Waals surface area contributed by atoms with Gasteiger partial charge in [-0.05, 0) is 53.5 Å². The van der Waals surface area contributed by atoms with E-state index >= 15 is 0 Å². The Bertz CT molecular complexity index is 835. The van der Waals surface area contributed by atoms with Gasteiger partial charge in [-0.3, -0.25) is 9.59 Å². The Morgan fingerprint density at radius 2 is 1.96 bits per heavy atom. The summed E-state index contributed by atoms with van der Waals surface area (Å²) in [6.07, 6.45) is 0. The van der Waals surface area contributed by atoms with E-state index in [2.05, 4.69) is 26.5 Å². The number of halogens is 1. The quantitative estimate of drug-likeness (QED) is 0.421. The molecule has 26 heavy (non-hydrogen) atoms. The van der Waals surface area contributed by atoms with Crippen LogP contribution < -0.4 is 10.2 Å². The fourth-order valence-corrected chi connectivity index (χ4v) is 2.79. The molecule has 0 saturated carbocycles. The second-order valence-corrected chi connectivity index (χ2v) is 6.44. The number of carbonyl (C=O) groups is 2. The van der Waals surface area contributed by atoms with Gasteiger partial charge in [-0.1, -0.05) is 30.3 Å². The van der Waals surface area contributed by atoms with Crippen LogP contribution in [0.5, 0.6) is 5.75 Å². The maximum atomic E-state index is 11.9. The number of hydrogen-bond acceptors (Lipinski definition) is 5. The van der Waals surface area contributed by atoms with E-state index in [-0.39, 0.29) is 12.6 Å². The lowest BCUT2D eigenvalue weighted by molar-refractivity contribution is -0.145. The highest BCUT2D eigenvalue weighted by atomic mass is 79.9. The Morgan fingerprint density at radius 3 is 2.69 bits per heavy atom. The average molecular weight is 421 g/mol. The highest BCUT2D eigenvalue weighted by Crippen LogP contribution is 2.32. The van der Waals surface area contributed by atoms with Crippen LogP contribution in [0.2, 0.25) is 0 Å². The van der Waals surface area contributed by atoms with Crippen molar-refractivity contribution in [1.82, 2.24) is 5.43 Å². The number of hydrazone groups is 1. The third-order valence-electron chi connectivity index (χ3n) is 3.81. The third-order valence-corrected chi connectivity index (χ3v) is 4.63. The monoisotopic (exact) mass is 420 g/mol. The van der Waals surface area contributed by atoms with Crippen molar-refractivity contribution >= 4 is 44.3 Å². The van der Waals surface area contributed by atoms with Crippen molar-refractivity contribution in [3.05, 3.63) is 40.9 Å². The molecule has 2 aromatic carbocycles. The van der Waals surface area contributed by atoms with E-state index < -0.39 is 11.8 Å². The summed E-state index contributed by atoms with van der Waals surface area (Å²) in [7, 11) is 0. The van der Waals surface area contributed by atoms with Crippen molar-refractivity contribution in [2.75, 3.05) is 13.2 Å². The number of nitrogens with one attached hydrogen (secondary N) is 1. The topological polar surface area (TPSA) is 77.0 Å². The maximum absolute atomic E-state index is 11.9. The zero-order chi connectivity index (χ0) is 19.1. The van der Waals surface area contributed by atoms with E-state index in [1.165, 1.54) is 0 Å². The second kappa shape index (κ2) is 9.33. The van der Waals surface area contributed by atoms with Crippen LogP contribution in [0.1, 0.15) is 20.8 Å². The SMILES string of the molecule is CCOC(=O)[C@@H](C)C(C)=NNC(=O)COc1ccc2ccccc2c1Br. The lowest BCUT2D eigenvalue weighted by atomic mass is 10.1. The Kier molecular flexibility index (Phi) is 7.15. The molecule has 1 N–H and O–H groups in total. The van der Waals surface area contributed by atoms with Gasteiger partial charge in [0.05, 0.1) is 17.0 Å². The number of amides is 1. The van der Waals surface area contributed by atoms with Crippen molar-refractivity contribution in [1.29, 1.82) is 0 Å². The van der Waals surface area contributed by atoms with E-state index in [1.807, 2.05) is 30.3 Å². The van der Waals surface area contributed by atoms with E-state index in [4.69, 9.17) is 9.47 Å². The number of nitrogens with zero attached hydrogens (tertiary/aromatic N) is 1. The van der Waals surface area contributed by atoms with Gasteiger partial charge in [0.25, 0.3) is 5.91 Å². The molecule has 1 amide bonds. The Hall–Kier alpha value is -2.41. The zero-order valence-electron chi connectivity index (χ0n) is 14.9. The predicted octanol–water partition coefficient (Wildman–Crippen LogP) is 3.67. The van der Waals surface area contributed by atoms with E-state index in [0.717, 1.165) is 15.2 Å². The van der Waals surface area contributed by atoms with Gasteiger partial charge in [0.2, 0.25) is 0 Å². The molecule has 0 aliphatic rings. The van der Waals surface area contributed by atoms with Crippen LogP contribution in [0.25, 0.3) is 10.8 Å². The highest BCUT2D eigenvalue weighted by molar-refractivity contribution is 9.10. The molecular formula is C19H21BrN2O4. The molecule has 0 aliphatic heterocycles. The van der Waals surface area contributed by atoms with Crippen LogP contribution in [0.4, 0.5) is 0 Å². The van der Waals surface area contributed by atoms with Gasteiger partial charge >= 0.3 is 5.97 Å². The van der Waals surface area contributed by atoms with E-state index in [9.17, 15) is 9.59 Å². The van der Waals surface area contributed by atoms with Gasteiger partial charge < -0.3 is 9.47 Å². The number of rotatable bonds is 7. The molecule has 7 heteroatoms. The fourth-order valence-electron chi connectivity index (χ4n) is 2.19. The Morgan fingerprint density at radius 1 is 1.23 bits per heavy atom. The summed E-state index contributed by atoms with van der Waals surface area (Å²) in [5.41, 5.74) is 2.85. The van der Waals surface area contributed by atoms with Crippen LogP contribution in [0.3, 0.4) is 0 Å². The lowest BCUT2D eigenvalue weighted by Gasteiger charge is -2.11. The molecule has 0 heterocycles. The van der Waals surface area contributed by atoms with Gasteiger partial charge in [0.15, 0.2) is 6.61 Å². The molecular weight excluding hydrogens is 400 g/mol.